The van der Waals surface area contributed by atoms with Gasteiger partial charge >= 0.3 is 0 Å². The number of piperidine rings is 1. The van der Waals surface area contributed by atoms with Crippen LogP contribution in [0.15, 0.2) is 24.9 Å². The molecule has 0 aromatic carbocycles. The summed E-state index contributed by atoms with van der Waals surface area (Å²) in [5.74, 6) is 1.73. The Balaban J connectivity index is 1.26. The number of carbonyl (C=O) groups excluding carboxylic acids is 1. The molecule has 2 aromatic rings. The van der Waals surface area contributed by atoms with Gasteiger partial charge in [-0.05, 0) is 31.6 Å². The third-order valence-corrected chi connectivity index (χ3v) is 5.48. The zero-order valence-corrected chi connectivity index (χ0v) is 15.2. The van der Waals surface area contributed by atoms with Crippen molar-refractivity contribution in [3.05, 3.63) is 36.3 Å². The second-order valence-electron chi connectivity index (χ2n) is 7.38. The summed E-state index contributed by atoms with van der Waals surface area (Å²) in [5.41, 5.74) is 1.63. The summed E-state index contributed by atoms with van der Waals surface area (Å²) in [6.45, 7) is 2.15. The predicted octanol–water partition coefficient (Wildman–Crippen LogP) is 2.41. The fourth-order valence-corrected chi connectivity index (χ4v) is 3.55. The van der Waals surface area contributed by atoms with E-state index in [-0.39, 0.29) is 5.91 Å². The molecular formula is C19H25N5O2. The number of imidazole rings is 1. The van der Waals surface area contributed by atoms with Crippen molar-refractivity contribution in [1.82, 2.24) is 24.4 Å². The summed E-state index contributed by atoms with van der Waals surface area (Å²) >= 11 is 0. The van der Waals surface area contributed by atoms with Crippen LogP contribution in [0, 0.1) is 5.92 Å². The van der Waals surface area contributed by atoms with Crippen molar-refractivity contribution in [3.63, 3.8) is 0 Å². The molecule has 0 unspecified atom stereocenters. The normalized spacial score (nSPS) is 18.6. The Labute approximate surface area is 153 Å². The number of amides is 1. The first kappa shape index (κ1) is 17.0. The van der Waals surface area contributed by atoms with Crippen molar-refractivity contribution >= 4 is 5.91 Å². The SMILES string of the molecule is Cn1cnc(C(=O)N2CCC(COc3cc(C4CCC4)ncn3)CC2)c1. The lowest BCUT2D eigenvalue weighted by Crippen LogP contribution is -2.39. The van der Waals surface area contributed by atoms with Crippen LogP contribution in [0.2, 0.25) is 0 Å². The number of ether oxygens (including phenoxy) is 1. The van der Waals surface area contributed by atoms with Gasteiger partial charge in [-0.25, -0.2) is 15.0 Å². The molecule has 1 aliphatic heterocycles. The topological polar surface area (TPSA) is 73.1 Å². The van der Waals surface area contributed by atoms with E-state index in [0.29, 0.717) is 30.0 Å². The summed E-state index contributed by atoms with van der Waals surface area (Å²) in [6, 6.07) is 1.99. The molecule has 1 amide bonds. The number of hydrogen-bond donors (Lipinski definition) is 0. The number of carbonyl (C=O) groups is 1. The van der Waals surface area contributed by atoms with Crippen molar-refractivity contribution in [1.29, 1.82) is 0 Å². The third kappa shape index (κ3) is 3.71. The molecule has 2 aromatic heterocycles. The van der Waals surface area contributed by atoms with Gasteiger partial charge in [0.15, 0.2) is 0 Å². The lowest BCUT2D eigenvalue weighted by Gasteiger charge is -2.31. The minimum Gasteiger partial charge on any atom is -0.477 e. The maximum absolute atomic E-state index is 12.4. The van der Waals surface area contributed by atoms with Crippen molar-refractivity contribution in [2.45, 2.75) is 38.0 Å². The Bertz CT molecular complexity index is 763. The quantitative estimate of drug-likeness (QED) is 0.823. The first-order valence-corrected chi connectivity index (χ1v) is 9.41. The van der Waals surface area contributed by atoms with Crippen molar-refractivity contribution in [2.24, 2.45) is 13.0 Å². The molecule has 2 fully saturated rings. The molecule has 3 heterocycles. The van der Waals surface area contributed by atoms with Crippen LogP contribution in [0.3, 0.4) is 0 Å². The molecule has 1 saturated carbocycles. The number of aryl methyl sites for hydroxylation is 1. The number of nitrogens with zero attached hydrogens (tertiary/aromatic N) is 5. The fourth-order valence-electron chi connectivity index (χ4n) is 3.55. The highest BCUT2D eigenvalue weighted by atomic mass is 16.5. The summed E-state index contributed by atoms with van der Waals surface area (Å²) in [4.78, 5) is 27.1. The average Bonchev–Trinajstić information content (AvgIpc) is 3.05. The van der Waals surface area contributed by atoms with E-state index < -0.39 is 0 Å². The first-order valence-electron chi connectivity index (χ1n) is 9.41. The van der Waals surface area contributed by atoms with Gasteiger partial charge in [-0.3, -0.25) is 4.79 Å². The van der Waals surface area contributed by atoms with E-state index in [0.717, 1.165) is 31.6 Å². The lowest BCUT2D eigenvalue weighted by atomic mass is 9.83. The molecule has 2 aliphatic rings. The monoisotopic (exact) mass is 355 g/mol. The Morgan fingerprint density at radius 3 is 2.65 bits per heavy atom. The fraction of sp³-hybridized carbons (Fsp3) is 0.579. The smallest absolute Gasteiger partial charge is 0.274 e. The van der Waals surface area contributed by atoms with E-state index in [1.165, 1.54) is 19.3 Å². The van der Waals surface area contributed by atoms with E-state index >= 15 is 0 Å². The molecule has 0 bridgehead atoms. The highest BCUT2D eigenvalue weighted by Crippen LogP contribution is 2.35. The van der Waals surface area contributed by atoms with Crippen LogP contribution in [0.4, 0.5) is 0 Å². The van der Waals surface area contributed by atoms with Gasteiger partial charge in [0.2, 0.25) is 5.88 Å². The van der Waals surface area contributed by atoms with Gasteiger partial charge in [-0.15, -0.1) is 0 Å². The molecule has 7 heteroatoms. The molecule has 138 valence electrons. The molecule has 0 atom stereocenters. The van der Waals surface area contributed by atoms with Crippen LogP contribution in [0.25, 0.3) is 0 Å². The highest BCUT2D eigenvalue weighted by Gasteiger charge is 2.26. The zero-order valence-electron chi connectivity index (χ0n) is 15.2. The van der Waals surface area contributed by atoms with Crippen LogP contribution >= 0.6 is 0 Å². The van der Waals surface area contributed by atoms with Crippen molar-refractivity contribution in [2.75, 3.05) is 19.7 Å². The van der Waals surface area contributed by atoms with Crippen LogP contribution in [-0.4, -0.2) is 50.0 Å². The van der Waals surface area contributed by atoms with Crippen LogP contribution in [-0.2, 0) is 7.05 Å². The van der Waals surface area contributed by atoms with Crippen molar-refractivity contribution < 1.29 is 9.53 Å². The van der Waals surface area contributed by atoms with E-state index in [4.69, 9.17) is 4.74 Å². The Hall–Kier alpha value is -2.44. The molecule has 0 N–H and O–H groups in total. The van der Waals surface area contributed by atoms with Crippen LogP contribution < -0.4 is 4.74 Å². The number of likely N-dealkylation sites (tertiary alicyclic amines) is 1. The Kier molecular flexibility index (Phi) is 4.86. The second-order valence-corrected chi connectivity index (χ2v) is 7.38. The largest absolute Gasteiger partial charge is 0.477 e. The molecule has 4 rings (SSSR count). The van der Waals surface area contributed by atoms with E-state index in [1.54, 1.807) is 23.4 Å². The first-order chi connectivity index (χ1) is 12.7. The lowest BCUT2D eigenvalue weighted by molar-refractivity contribution is 0.0654. The standard InChI is InChI=1S/C19H25N5O2/c1-23-10-17(22-13-23)19(25)24-7-5-14(6-8-24)11-26-18-9-16(20-12-21-18)15-3-2-4-15/h9-10,12-15H,2-8,11H2,1H3. The van der Waals surface area contributed by atoms with Gasteiger partial charge in [0.25, 0.3) is 5.91 Å². The number of aromatic nitrogens is 4. The summed E-state index contributed by atoms with van der Waals surface area (Å²) in [5, 5.41) is 0. The van der Waals surface area contributed by atoms with Gasteiger partial charge in [-0.1, -0.05) is 6.42 Å². The molecule has 0 spiro atoms. The summed E-state index contributed by atoms with van der Waals surface area (Å²) in [7, 11) is 1.87. The molecule has 7 nitrogen and oxygen atoms in total. The van der Waals surface area contributed by atoms with Crippen molar-refractivity contribution in [3.8, 4) is 5.88 Å². The predicted molar refractivity (Wildman–Crippen MR) is 96.0 cm³/mol. The summed E-state index contributed by atoms with van der Waals surface area (Å²) < 4.78 is 7.72. The highest BCUT2D eigenvalue weighted by molar-refractivity contribution is 5.92. The molecular weight excluding hydrogens is 330 g/mol. The van der Waals surface area contributed by atoms with Gasteiger partial charge < -0.3 is 14.2 Å². The van der Waals surface area contributed by atoms with Gasteiger partial charge in [0.1, 0.15) is 12.0 Å². The second kappa shape index (κ2) is 7.43. The van der Waals surface area contributed by atoms with E-state index in [9.17, 15) is 4.79 Å². The summed E-state index contributed by atoms with van der Waals surface area (Å²) in [6.07, 6.45) is 10.7. The van der Waals surface area contributed by atoms with Crippen LogP contribution in [0.1, 0.15) is 54.2 Å². The Morgan fingerprint density at radius 2 is 2.00 bits per heavy atom. The zero-order chi connectivity index (χ0) is 17.9. The number of hydrogen-bond acceptors (Lipinski definition) is 5. The Morgan fingerprint density at radius 1 is 1.19 bits per heavy atom. The van der Waals surface area contributed by atoms with E-state index in [2.05, 4.69) is 15.0 Å². The van der Waals surface area contributed by atoms with E-state index in [1.807, 2.05) is 18.0 Å². The maximum atomic E-state index is 12.4. The molecule has 1 aliphatic carbocycles. The third-order valence-electron chi connectivity index (χ3n) is 5.48. The minimum absolute atomic E-state index is 0.0194. The molecule has 0 radical (unpaired) electrons. The number of rotatable bonds is 5. The molecule has 26 heavy (non-hydrogen) atoms. The van der Waals surface area contributed by atoms with Crippen LogP contribution in [0.5, 0.6) is 5.88 Å². The molecule has 1 saturated heterocycles. The average molecular weight is 355 g/mol. The minimum atomic E-state index is 0.0194. The van der Waals surface area contributed by atoms with Gasteiger partial charge in [0, 0.05) is 38.3 Å². The maximum Gasteiger partial charge on any atom is 0.274 e. The van der Waals surface area contributed by atoms with Gasteiger partial charge in [0.05, 0.1) is 18.6 Å². The van der Waals surface area contributed by atoms with Gasteiger partial charge in [-0.2, -0.15) is 0 Å².